The third kappa shape index (κ3) is 8.00. The normalized spacial score (nSPS) is 15.8. The molecular formula is C21H34N2O2S. The van der Waals surface area contributed by atoms with Gasteiger partial charge in [-0.3, -0.25) is 4.79 Å². The van der Waals surface area contributed by atoms with E-state index in [2.05, 4.69) is 29.3 Å². The van der Waals surface area contributed by atoms with Crippen LogP contribution in [0.2, 0.25) is 0 Å². The number of carbonyl (C=O) groups is 1. The second kappa shape index (κ2) is 12.2. The fourth-order valence-corrected chi connectivity index (χ4v) is 4.19. The Labute approximate surface area is 163 Å². The molecule has 0 bridgehead atoms. The minimum atomic E-state index is 0.221. The number of nitrogens with one attached hydrogen (secondary N) is 1. The fourth-order valence-electron chi connectivity index (χ4n) is 3.28. The Morgan fingerprint density at radius 3 is 2.58 bits per heavy atom. The van der Waals surface area contributed by atoms with E-state index in [1.807, 2.05) is 23.9 Å². The molecule has 4 nitrogen and oxygen atoms in total. The number of carbonyl (C=O) groups excluding carboxylic acids is 1. The molecule has 1 unspecified atom stereocenters. The summed E-state index contributed by atoms with van der Waals surface area (Å²) in [6, 6.07) is 8.51. The Balaban J connectivity index is 1.51. The lowest BCUT2D eigenvalue weighted by Gasteiger charge is -2.23. The van der Waals surface area contributed by atoms with Crippen molar-refractivity contribution in [2.75, 3.05) is 32.5 Å². The Bertz CT molecular complexity index is 515. The molecule has 1 aliphatic heterocycles. The maximum Gasteiger partial charge on any atom is 0.220 e. The number of methoxy groups -OCH3 is 1. The standard InChI is InChI=1S/C21H34N2O2S/c1-3-18(17-23-14-6-7-15-23)22-21(24)9-5-4-8-16-26-20-12-10-19(25-2)11-13-20/h10-13,18H,3-9,14-17H2,1-2H3,(H,22,24). The number of nitrogens with zero attached hydrogens (tertiary/aromatic N) is 1. The molecule has 2 rings (SSSR count). The highest BCUT2D eigenvalue weighted by molar-refractivity contribution is 7.99. The first-order valence-electron chi connectivity index (χ1n) is 10.00. The zero-order valence-electron chi connectivity index (χ0n) is 16.3. The Morgan fingerprint density at radius 1 is 1.19 bits per heavy atom. The summed E-state index contributed by atoms with van der Waals surface area (Å²) in [5.41, 5.74) is 0. The third-order valence-corrected chi connectivity index (χ3v) is 6.01. The largest absolute Gasteiger partial charge is 0.497 e. The number of hydrogen-bond donors (Lipinski definition) is 1. The number of amides is 1. The molecule has 0 aliphatic carbocycles. The van der Waals surface area contributed by atoms with Gasteiger partial charge in [-0.15, -0.1) is 11.8 Å². The van der Waals surface area contributed by atoms with Crippen molar-refractivity contribution in [2.45, 2.75) is 62.8 Å². The van der Waals surface area contributed by atoms with Gasteiger partial charge >= 0.3 is 0 Å². The van der Waals surface area contributed by atoms with Crippen molar-refractivity contribution in [1.82, 2.24) is 10.2 Å². The van der Waals surface area contributed by atoms with Gasteiger partial charge in [0.05, 0.1) is 7.11 Å². The summed E-state index contributed by atoms with van der Waals surface area (Å²) in [4.78, 5) is 15.9. The van der Waals surface area contributed by atoms with E-state index in [9.17, 15) is 4.79 Å². The summed E-state index contributed by atoms with van der Waals surface area (Å²) >= 11 is 1.87. The predicted octanol–water partition coefficient (Wildman–Crippen LogP) is 4.34. The van der Waals surface area contributed by atoms with Crippen LogP contribution < -0.4 is 10.1 Å². The Morgan fingerprint density at radius 2 is 1.92 bits per heavy atom. The summed E-state index contributed by atoms with van der Waals surface area (Å²) in [7, 11) is 1.69. The molecule has 0 radical (unpaired) electrons. The Kier molecular flexibility index (Phi) is 9.93. The number of unbranched alkanes of at least 4 members (excludes halogenated alkanes) is 2. The molecule has 26 heavy (non-hydrogen) atoms. The van der Waals surface area contributed by atoms with Crippen LogP contribution in [0.15, 0.2) is 29.2 Å². The van der Waals surface area contributed by atoms with Crippen molar-refractivity contribution in [3.8, 4) is 5.75 Å². The smallest absolute Gasteiger partial charge is 0.220 e. The van der Waals surface area contributed by atoms with Crippen LogP contribution in [0.4, 0.5) is 0 Å². The number of thioether (sulfide) groups is 1. The highest BCUT2D eigenvalue weighted by Crippen LogP contribution is 2.22. The molecular weight excluding hydrogens is 344 g/mol. The second-order valence-corrected chi connectivity index (χ2v) is 8.18. The van der Waals surface area contributed by atoms with E-state index in [4.69, 9.17) is 4.74 Å². The Hall–Kier alpha value is -1.20. The first-order chi connectivity index (χ1) is 12.7. The second-order valence-electron chi connectivity index (χ2n) is 7.02. The van der Waals surface area contributed by atoms with E-state index in [-0.39, 0.29) is 5.91 Å². The summed E-state index contributed by atoms with van der Waals surface area (Å²) in [6.45, 7) is 5.56. The highest BCUT2D eigenvalue weighted by atomic mass is 32.2. The SMILES string of the molecule is CCC(CN1CCCC1)NC(=O)CCCCCSc1ccc(OC)cc1. The van der Waals surface area contributed by atoms with Gasteiger partial charge in [0, 0.05) is 23.9 Å². The molecule has 1 N–H and O–H groups in total. The van der Waals surface area contributed by atoms with Crippen LogP contribution in [-0.2, 0) is 4.79 Å². The van der Waals surface area contributed by atoms with E-state index in [1.165, 1.54) is 30.8 Å². The van der Waals surface area contributed by atoms with Crippen LogP contribution in [0.25, 0.3) is 0 Å². The molecule has 1 heterocycles. The molecule has 5 heteroatoms. The van der Waals surface area contributed by atoms with E-state index in [0.29, 0.717) is 12.5 Å². The highest BCUT2D eigenvalue weighted by Gasteiger charge is 2.17. The molecule has 146 valence electrons. The summed E-state index contributed by atoms with van der Waals surface area (Å²) in [6.07, 6.45) is 7.52. The lowest BCUT2D eigenvalue weighted by Crippen LogP contribution is -2.42. The van der Waals surface area contributed by atoms with Crippen molar-refractivity contribution in [2.24, 2.45) is 0 Å². The van der Waals surface area contributed by atoms with Crippen LogP contribution in [0, 0.1) is 0 Å². The summed E-state index contributed by atoms with van der Waals surface area (Å²) < 4.78 is 5.17. The van der Waals surface area contributed by atoms with Crippen LogP contribution in [0.3, 0.4) is 0 Å². The van der Waals surface area contributed by atoms with Gasteiger partial charge in [0.1, 0.15) is 5.75 Å². The lowest BCUT2D eigenvalue weighted by molar-refractivity contribution is -0.122. The molecule has 1 aromatic rings. The van der Waals surface area contributed by atoms with Crippen molar-refractivity contribution in [1.29, 1.82) is 0 Å². The number of hydrogen-bond acceptors (Lipinski definition) is 4. The molecule has 1 aliphatic rings. The first kappa shape index (κ1) is 21.1. The number of likely N-dealkylation sites (tertiary alicyclic amines) is 1. The van der Waals surface area contributed by atoms with Gasteiger partial charge in [0.2, 0.25) is 5.91 Å². The average molecular weight is 379 g/mol. The molecule has 1 fully saturated rings. The zero-order chi connectivity index (χ0) is 18.6. The van der Waals surface area contributed by atoms with Crippen molar-refractivity contribution in [3.63, 3.8) is 0 Å². The van der Waals surface area contributed by atoms with Gasteiger partial charge in [0.15, 0.2) is 0 Å². The number of rotatable bonds is 12. The maximum atomic E-state index is 12.2. The van der Waals surface area contributed by atoms with E-state index >= 15 is 0 Å². The topological polar surface area (TPSA) is 41.6 Å². The minimum absolute atomic E-state index is 0.221. The zero-order valence-corrected chi connectivity index (χ0v) is 17.2. The average Bonchev–Trinajstić information content (AvgIpc) is 3.17. The number of benzene rings is 1. The van der Waals surface area contributed by atoms with Crippen LogP contribution >= 0.6 is 11.8 Å². The summed E-state index contributed by atoms with van der Waals surface area (Å²) in [5, 5.41) is 3.22. The van der Waals surface area contributed by atoms with E-state index in [1.54, 1.807) is 7.11 Å². The van der Waals surface area contributed by atoms with Gasteiger partial charge in [-0.2, -0.15) is 0 Å². The molecule has 1 saturated heterocycles. The molecule has 0 aromatic heterocycles. The van der Waals surface area contributed by atoms with E-state index in [0.717, 1.165) is 43.7 Å². The van der Waals surface area contributed by atoms with Gasteiger partial charge in [-0.25, -0.2) is 0 Å². The quantitative estimate of drug-likeness (QED) is 0.434. The number of ether oxygens (including phenoxy) is 1. The minimum Gasteiger partial charge on any atom is -0.497 e. The predicted molar refractivity (Wildman–Crippen MR) is 110 cm³/mol. The van der Waals surface area contributed by atoms with Crippen molar-refractivity contribution >= 4 is 17.7 Å². The lowest BCUT2D eigenvalue weighted by atomic mass is 10.1. The first-order valence-corrected chi connectivity index (χ1v) is 11.0. The summed E-state index contributed by atoms with van der Waals surface area (Å²) in [5.74, 6) is 2.22. The third-order valence-electron chi connectivity index (χ3n) is 4.91. The van der Waals surface area contributed by atoms with Crippen molar-refractivity contribution < 1.29 is 9.53 Å². The van der Waals surface area contributed by atoms with E-state index < -0.39 is 0 Å². The van der Waals surface area contributed by atoms with Crippen LogP contribution in [0.5, 0.6) is 5.75 Å². The van der Waals surface area contributed by atoms with Crippen molar-refractivity contribution in [3.05, 3.63) is 24.3 Å². The van der Waals surface area contributed by atoms with Gasteiger partial charge < -0.3 is 15.0 Å². The van der Waals surface area contributed by atoms with Gasteiger partial charge in [0.25, 0.3) is 0 Å². The van der Waals surface area contributed by atoms with Gasteiger partial charge in [-0.1, -0.05) is 13.3 Å². The van der Waals surface area contributed by atoms with Crippen LogP contribution in [0.1, 0.15) is 51.9 Å². The maximum absolute atomic E-state index is 12.2. The monoisotopic (exact) mass is 378 g/mol. The fraction of sp³-hybridized carbons (Fsp3) is 0.667. The van der Waals surface area contributed by atoms with Gasteiger partial charge in [-0.05, 0) is 75.2 Å². The molecule has 0 spiro atoms. The molecule has 1 amide bonds. The molecule has 0 saturated carbocycles. The molecule has 1 atom stereocenters. The molecule has 1 aromatic carbocycles. The van der Waals surface area contributed by atoms with Crippen LogP contribution in [-0.4, -0.2) is 49.3 Å².